The molecular formula is C30H35F6NO3. The summed E-state index contributed by atoms with van der Waals surface area (Å²) in [6.45, 7) is 2.04. The molecule has 2 bridgehead atoms. The van der Waals surface area contributed by atoms with Crippen LogP contribution in [-0.2, 0) is 11.0 Å². The third-order valence-electron chi connectivity index (χ3n) is 9.23. The molecule has 2 aromatic carbocycles. The molecule has 2 aliphatic heterocycles. The maximum Gasteiger partial charge on any atom is 0.420 e. The average molecular weight is 572 g/mol. The lowest BCUT2D eigenvalue weighted by Crippen LogP contribution is -2.54. The van der Waals surface area contributed by atoms with Gasteiger partial charge in [0.05, 0.1) is 17.9 Å². The van der Waals surface area contributed by atoms with E-state index in [1.165, 1.54) is 12.1 Å². The maximum atomic E-state index is 14.3. The fourth-order valence-corrected chi connectivity index (χ4v) is 7.36. The highest BCUT2D eigenvalue weighted by Crippen LogP contribution is 2.46. The summed E-state index contributed by atoms with van der Waals surface area (Å²) >= 11 is 0. The number of piperidine rings is 2. The van der Waals surface area contributed by atoms with Crippen LogP contribution in [0.15, 0.2) is 30.3 Å². The zero-order valence-electron chi connectivity index (χ0n) is 22.4. The van der Waals surface area contributed by atoms with Crippen molar-refractivity contribution < 1.29 is 41.0 Å². The molecule has 3 aliphatic rings. The molecule has 0 radical (unpaired) electrons. The van der Waals surface area contributed by atoms with Gasteiger partial charge in [0, 0.05) is 18.1 Å². The lowest BCUT2D eigenvalue weighted by atomic mass is 9.76. The van der Waals surface area contributed by atoms with Gasteiger partial charge in [-0.2, -0.15) is 26.3 Å². The molecule has 0 aromatic heterocycles. The van der Waals surface area contributed by atoms with E-state index in [1.54, 1.807) is 18.2 Å². The van der Waals surface area contributed by atoms with Crippen LogP contribution in [0, 0.1) is 11.8 Å². The van der Waals surface area contributed by atoms with Gasteiger partial charge in [0.25, 0.3) is 0 Å². The normalized spacial score (nSPS) is 28.8. The number of fused-ring (bicyclic) bond motifs is 3. The number of hydrogen-bond donors (Lipinski definition) is 1. The Kier molecular flexibility index (Phi) is 8.03. The fraction of sp³-hybridized carbons (Fsp3) is 0.633. The maximum absolute atomic E-state index is 14.3. The predicted octanol–water partition coefficient (Wildman–Crippen LogP) is 8.53. The third-order valence-corrected chi connectivity index (χ3v) is 9.23. The van der Waals surface area contributed by atoms with Crippen molar-refractivity contribution >= 4 is 16.7 Å². The first-order valence-electron chi connectivity index (χ1n) is 14.2. The topological polar surface area (TPSA) is 49.8 Å². The standard InChI is InChI=1S/C30H35F6NO3/c1-2-25(37-21-4-3-5-22(37)16-19(15-21)28(38)39)18-6-12-24-17(14-18)7-13-26(27(24)30(34,35)36)40-23-10-8-20(9-11-23)29(31,32)33/h6-7,12-14,19-23,25H,2-5,8-11,15-16H2,1H3,(H,38,39)/t19?,20?,21?,22?,23?,25-/m0/s1. The van der Waals surface area contributed by atoms with Gasteiger partial charge in [-0.15, -0.1) is 0 Å². The van der Waals surface area contributed by atoms with Gasteiger partial charge in [0.1, 0.15) is 11.3 Å². The van der Waals surface area contributed by atoms with Gasteiger partial charge in [-0.25, -0.2) is 0 Å². The number of nitrogens with zero attached hydrogens (tertiary/aromatic N) is 1. The summed E-state index contributed by atoms with van der Waals surface area (Å²) in [5.74, 6) is -2.91. The van der Waals surface area contributed by atoms with Crippen molar-refractivity contribution in [1.29, 1.82) is 0 Å². The average Bonchev–Trinajstić information content (AvgIpc) is 2.87. The van der Waals surface area contributed by atoms with Crippen LogP contribution in [-0.4, -0.2) is 40.3 Å². The van der Waals surface area contributed by atoms with Gasteiger partial charge in [-0.1, -0.05) is 31.5 Å². The van der Waals surface area contributed by atoms with Crippen LogP contribution >= 0.6 is 0 Å². The second-order valence-electron chi connectivity index (χ2n) is 11.7. The van der Waals surface area contributed by atoms with E-state index in [9.17, 15) is 36.2 Å². The van der Waals surface area contributed by atoms with Crippen LogP contribution in [0.1, 0.15) is 88.3 Å². The van der Waals surface area contributed by atoms with Crippen LogP contribution in [0.3, 0.4) is 0 Å². The Balaban J connectivity index is 1.42. The molecule has 0 spiro atoms. The second-order valence-corrected chi connectivity index (χ2v) is 11.7. The first kappa shape index (κ1) is 29.0. The highest BCUT2D eigenvalue weighted by molar-refractivity contribution is 5.89. The molecule has 4 nitrogen and oxygen atoms in total. The lowest BCUT2D eigenvalue weighted by molar-refractivity contribution is -0.185. The van der Waals surface area contributed by atoms with E-state index in [0.717, 1.165) is 31.2 Å². The largest absolute Gasteiger partial charge is 0.490 e. The number of aliphatic carboxylic acids is 1. The number of rotatable bonds is 6. The number of carboxylic acids is 1. The Labute approximate surface area is 229 Å². The van der Waals surface area contributed by atoms with Gasteiger partial charge in [0.15, 0.2) is 0 Å². The first-order chi connectivity index (χ1) is 18.9. The minimum atomic E-state index is -4.71. The van der Waals surface area contributed by atoms with Crippen molar-refractivity contribution in [2.45, 2.75) is 108 Å². The smallest absolute Gasteiger partial charge is 0.420 e. The zero-order chi connectivity index (χ0) is 28.8. The number of alkyl halides is 6. The summed E-state index contributed by atoms with van der Waals surface area (Å²) in [7, 11) is 0. The van der Waals surface area contributed by atoms with Gasteiger partial charge in [0.2, 0.25) is 0 Å². The van der Waals surface area contributed by atoms with Gasteiger partial charge in [-0.3, -0.25) is 9.69 Å². The number of hydrogen-bond acceptors (Lipinski definition) is 3. The molecule has 3 atom stereocenters. The van der Waals surface area contributed by atoms with Gasteiger partial charge in [-0.05, 0) is 86.3 Å². The van der Waals surface area contributed by atoms with Crippen molar-refractivity contribution in [2.24, 2.45) is 11.8 Å². The Morgan fingerprint density at radius 1 is 0.975 bits per heavy atom. The highest BCUT2D eigenvalue weighted by Gasteiger charge is 2.45. The Hall–Kier alpha value is -2.49. The Morgan fingerprint density at radius 3 is 2.17 bits per heavy atom. The number of benzene rings is 2. The van der Waals surface area contributed by atoms with E-state index < -0.39 is 35.9 Å². The van der Waals surface area contributed by atoms with Crippen molar-refractivity contribution in [2.75, 3.05) is 0 Å². The van der Waals surface area contributed by atoms with Gasteiger partial charge < -0.3 is 9.84 Å². The molecule has 1 saturated carbocycles. The molecule has 1 N–H and O–H groups in total. The summed E-state index contributed by atoms with van der Waals surface area (Å²) in [5.41, 5.74) is -0.00498. The molecule has 10 heteroatoms. The molecule has 2 unspecified atom stereocenters. The number of carboxylic acid groups (broad SMARTS) is 1. The van der Waals surface area contributed by atoms with Crippen molar-refractivity contribution in [3.63, 3.8) is 0 Å². The van der Waals surface area contributed by atoms with Crippen molar-refractivity contribution in [1.82, 2.24) is 4.90 Å². The fourth-order valence-electron chi connectivity index (χ4n) is 7.36. The molecule has 220 valence electrons. The van der Waals surface area contributed by atoms with E-state index >= 15 is 0 Å². The number of carbonyl (C=O) groups is 1. The molecule has 3 fully saturated rings. The molecule has 2 aromatic rings. The molecule has 40 heavy (non-hydrogen) atoms. The summed E-state index contributed by atoms with van der Waals surface area (Å²) in [6, 6.07) is 8.09. The molecule has 5 rings (SSSR count). The van der Waals surface area contributed by atoms with E-state index in [1.807, 2.05) is 6.92 Å². The molecule has 0 amide bonds. The van der Waals surface area contributed by atoms with Crippen LogP contribution in [0.5, 0.6) is 5.75 Å². The number of halogens is 6. The van der Waals surface area contributed by atoms with Crippen LogP contribution in [0.2, 0.25) is 0 Å². The van der Waals surface area contributed by atoms with Crippen LogP contribution < -0.4 is 4.74 Å². The third kappa shape index (κ3) is 5.78. The second kappa shape index (κ2) is 11.1. The Bertz CT molecular complexity index is 1210. The van der Waals surface area contributed by atoms with E-state index in [4.69, 9.17) is 4.74 Å². The molecule has 2 heterocycles. The predicted molar refractivity (Wildman–Crippen MR) is 138 cm³/mol. The summed E-state index contributed by atoms with van der Waals surface area (Å²) in [4.78, 5) is 14.1. The molecular weight excluding hydrogens is 536 g/mol. The van der Waals surface area contributed by atoms with E-state index in [2.05, 4.69) is 4.90 Å². The van der Waals surface area contributed by atoms with Gasteiger partial charge >= 0.3 is 18.3 Å². The highest BCUT2D eigenvalue weighted by atomic mass is 19.4. The lowest BCUT2D eigenvalue weighted by Gasteiger charge is -2.51. The minimum absolute atomic E-state index is 0.00244. The zero-order valence-corrected chi connectivity index (χ0v) is 22.4. The minimum Gasteiger partial charge on any atom is -0.490 e. The summed E-state index contributed by atoms with van der Waals surface area (Å²) < 4.78 is 87.8. The number of ether oxygens (including phenoxy) is 1. The monoisotopic (exact) mass is 571 g/mol. The van der Waals surface area contributed by atoms with Crippen molar-refractivity contribution in [3.8, 4) is 5.75 Å². The van der Waals surface area contributed by atoms with Crippen LogP contribution in [0.25, 0.3) is 10.8 Å². The quantitative estimate of drug-likeness (QED) is 0.353. The Morgan fingerprint density at radius 2 is 1.62 bits per heavy atom. The first-order valence-corrected chi connectivity index (χ1v) is 14.2. The molecule has 1 aliphatic carbocycles. The summed E-state index contributed by atoms with van der Waals surface area (Å²) in [5, 5.41) is 10.0. The summed E-state index contributed by atoms with van der Waals surface area (Å²) in [6.07, 6.45) is -5.15. The molecule has 2 saturated heterocycles. The van der Waals surface area contributed by atoms with Crippen LogP contribution in [0.4, 0.5) is 26.3 Å². The van der Waals surface area contributed by atoms with E-state index in [0.29, 0.717) is 18.2 Å². The van der Waals surface area contributed by atoms with E-state index in [-0.39, 0.29) is 60.9 Å². The van der Waals surface area contributed by atoms with Crippen molar-refractivity contribution in [3.05, 3.63) is 41.5 Å². The SMILES string of the molecule is CC[C@@H](c1ccc2c(C(F)(F)F)c(OC3CCC(C(F)(F)F)CC3)ccc2c1)N1C2CCCC1CC(C(=O)O)C2.